The Morgan fingerprint density at radius 1 is 1.04 bits per heavy atom. The maximum Gasteiger partial charge on any atom is 0.336 e. The molecule has 0 radical (unpaired) electrons. The summed E-state index contributed by atoms with van der Waals surface area (Å²) in [5.74, 6) is 1.20. The minimum Gasteiger partial charge on any atom is -0.489 e. The maximum atomic E-state index is 11.8. The fraction of sp³-hybridized carbons (Fsp3) is 0.0526. The number of rotatable bonds is 6. The highest BCUT2D eigenvalue weighted by molar-refractivity contribution is 9.10. The Morgan fingerprint density at radius 3 is 2.44 bits per heavy atom. The zero-order valence-electron chi connectivity index (χ0n) is 13.1. The summed E-state index contributed by atoms with van der Waals surface area (Å²) in [5.41, 5.74) is 1.03. The molecule has 5 nitrogen and oxygen atoms in total. The molecule has 1 aromatic carbocycles. The highest BCUT2D eigenvalue weighted by atomic mass is 79.9. The SMILES string of the molecule is O=C(/C=C/c1ccc(Br)o1)Oc1ccc(OCc2ccncc2)cc1. The maximum absolute atomic E-state index is 11.8. The number of esters is 1. The molecule has 0 saturated heterocycles. The third-order valence-electron chi connectivity index (χ3n) is 3.17. The van der Waals surface area contributed by atoms with E-state index < -0.39 is 5.97 Å². The second-order valence-electron chi connectivity index (χ2n) is 5.01. The fourth-order valence-corrected chi connectivity index (χ4v) is 2.29. The largest absolute Gasteiger partial charge is 0.489 e. The van der Waals surface area contributed by atoms with Crippen LogP contribution >= 0.6 is 15.9 Å². The summed E-state index contributed by atoms with van der Waals surface area (Å²) in [6.07, 6.45) is 6.28. The van der Waals surface area contributed by atoms with E-state index in [4.69, 9.17) is 13.9 Å². The smallest absolute Gasteiger partial charge is 0.336 e. The van der Waals surface area contributed by atoms with E-state index in [9.17, 15) is 4.79 Å². The van der Waals surface area contributed by atoms with Gasteiger partial charge in [0.2, 0.25) is 0 Å². The number of hydrogen-bond acceptors (Lipinski definition) is 5. The minimum atomic E-state index is -0.488. The number of aromatic nitrogens is 1. The van der Waals surface area contributed by atoms with Gasteiger partial charge in [0, 0.05) is 18.5 Å². The molecular formula is C19H14BrNO4. The van der Waals surface area contributed by atoms with E-state index in [-0.39, 0.29) is 0 Å². The normalized spacial score (nSPS) is 10.8. The summed E-state index contributed by atoms with van der Waals surface area (Å²) in [6, 6.07) is 14.1. The summed E-state index contributed by atoms with van der Waals surface area (Å²) in [5, 5.41) is 0. The van der Waals surface area contributed by atoms with Gasteiger partial charge in [-0.05, 0) is 76.1 Å². The van der Waals surface area contributed by atoms with Crippen molar-refractivity contribution in [2.24, 2.45) is 0 Å². The van der Waals surface area contributed by atoms with E-state index in [1.165, 1.54) is 6.08 Å². The summed E-state index contributed by atoms with van der Waals surface area (Å²) >= 11 is 3.20. The number of pyridine rings is 1. The van der Waals surface area contributed by atoms with Crippen molar-refractivity contribution in [3.05, 3.63) is 83.0 Å². The van der Waals surface area contributed by atoms with Crippen molar-refractivity contribution >= 4 is 28.0 Å². The molecule has 2 aromatic heterocycles. The Bertz CT molecular complexity index is 857. The van der Waals surface area contributed by atoms with E-state index in [0.29, 0.717) is 28.5 Å². The lowest BCUT2D eigenvalue weighted by molar-refractivity contribution is -0.128. The molecule has 3 aromatic rings. The molecule has 6 heteroatoms. The van der Waals surface area contributed by atoms with Gasteiger partial charge >= 0.3 is 5.97 Å². The van der Waals surface area contributed by atoms with Crippen LogP contribution in [0, 0.1) is 0 Å². The van der Waals surface area contributed by atoms with Crippen LogP contribution in [0.5, 0.6) is 11.5 Å². The van der Waals surface area contributed by atoms with Crippen molar-refractivity contribution in [1.82, 2.24) is 4.98 Å². The van der Waals surface area contributed by atoms with Crippen molar-refractivity contribution in [1.29, 1.82) is 0 Å². The average molecular weight is 400 g/mol. The molecule has 0 fully saturated rings. The number of ether oxygens (including phenoxy) is 2. The van der Waals surface area contributed by atoms with Gasteiger partial charge in [0.05, 0.1) is 0 Å². The molecule has 0 amide bonds. The predicted molar refractivity (Wildman–Crippen MR) is 96.1 cm³/mol. The molecule has 0 unspecified atom stereocenters. The first-order valence-corrected chi connectivity index (χ1v) is 8.25. The molecule has 126 valence electrons. The van der Waals surface area contributed by atoms with Gasteiger partial charge < -0.3 is 13.9 Å². The van der Waals surface area contributed by atoms with Crippen molar-refractivity contribution < 1.29 is 18.7 Å². The molecule has 0 spiro atoms. The number of benzene rings is 1. The van der Waals surface area contributed by atoms with Gasteiger partial charge in [-0.1, -0.05) is 0 Å². The predicted octanol–water partition coefficient (Wildman–Crippen LogP) is 4.63. The number of furan rings is 1. The quantitative estimate of drug-likeness (QED) is 0.343. The minimum absolute atomic E-state index is 0.437. The van der Waals surface area contributed by atoms with Crippen LogP contribution in [0.15, 0.2) is 76.1 Å². The highest BCUT2D eigenvalue weighted by Gasteiger charge is 2.03. The summed E-state index contributed by atoms with van der Waals surface area (Å²) < 4.78 is 16.7. The molecule has 0 N–H and O–H groups in total. The van der Waals surface area contributed by atoms with Crippen LogP contribution in [-0.2, 0) is 11.4 Å². The lowest BCUT2D eigenvalue weighted by atomic mass is 10.3. The lowest BCUT2D eigenvalue weighted by Gasteiger charge is -2.07. The first-order valence-electron chi connectivity index (χ1n) is 7.46. The molecule has 0 aliphatic carbocycles. The number of hydrogen-bond donors (Lipinski definition) is 0. The number of nitrogens with zero attached hydrogens (tertiary/aromatic N) is 1. The Kier molecular flexibility index (Phi) is 5.64. The fourth-order valence-electron chi connectivity index (χ4n) is 1.97. The highest BCUT2D eigenvalue weighted by Crippen LogP contribution is 2.19. The first kappa shape index (κ1) is 17.0. The van der Waals surface area contributed by atoms with Crippen molar-refractivity contribution in [3.63, 3.8) is 0 Å². The van der Waals surface area contributed by atoms with Crippen LogP contribution in [0.2, 0.25) is 0 Å². The standard InChI is InChI=1S/C19H14BrNO4/c20-18-7-5-16(24-18)6-8-19(22)25-17-3-1-15(2-4-17)23-13-14-9-11-21-12-10-14/h1-12H,13H2/b8-6+. The molecule has 25 heavy (non-hydrogen) atoms. The Labute approximate surface area is 153 Å². The van der Waals surface area contributed by atoms with Crippen LogP contribution in [0.4, 0.5) is 0 Å². The lowest BCUT2D eigenvalue weighted by Crippen LogP contribution is -2.03. The molecule has 0 bridgehead atoms. The van der Waals surface area contributed by atoms with Crippen LogP contribution in [0.3, 0.4) is 0 Å². The van der Waals surface area contributed by atoms with E-state index in [0.717, 1.165) is 5.56 Å². The van der Waals surface area contributed by atoms with E-state index in [1.807, 2.05) is 12.1 Å². The second-order valence-corrected chi connectivity index (χ2v) is 5.79. The second kappa shape index (κ2) is 8.30. The van der Waals surface area contributed by atoms with Gasteiger partial charge in [-0.3, -0.25) is 4.98 Å². The zero-order chi connectivity index (χ0) is 17.5. The van der Waals surface area contributed by atoms with E-state index >= 15 is 0 Å². The van der Waals surface area contributed by atoms with Crippen LogP contribution in [-0.4, -0.2) is 11.0 Å². The molecule has 0 atom stereocenters. The summed E-state index contributed by atoms with van der Waals surface area (Å²) in [4.78, 5) is 15.7. The molecule has 0 aliphatic heterocycles. The number of carbonyl (C=O) groups is 1. The van der Waals surface area contributed by atoms with Gasteiger partial charge in [-0.15, -0.1) is 0 Å². The van der Waals surface area contributed by atoms with Gasteiger partial charge in [0.1, 0.15) is 23.9 Å². The summed E-state index contributed by atoms with van der Waals surface area (Å²) in [6.45, 7) is 0.448. The van der Waals surface area contributed by atoms with Crippen LogP contribution in [0.1, 0.15) is 11.3 Å². The third-order valence-corrected chi connectivity index (χ3v) is 3.60. The third kappa shape index (κ3) is 5.32. The Morgan fingerprint density at radius 2 is 1.76 bits per heavy atom. The number of carbonyl (C=O) groups excluding carboxylic acids is 1. The van der Waals surface area contributed by atoms with Crippen LogP contribution < -0.4 is 9.47 Å². The monoisotopic (exact) mass is 399 g/mol. The Balaban J connectivity index is 1.51. The van der Waals surface area contributed by atoms with Crippen LogP contribution in [0.25, 0.3) is 6.08 Å². The molecule has 3 rings (SSSR count). The molecule has 0 saturated carbocycles. The molecule has 0 aliphatic rings. The van der Waals surface area contributed by atoms with E-state index in [1.54, 1.807) is 54.9 Å². The Hall–Kier alpha value is -2.86. The van der Waals surface area contributed by atoms with Gasteiger partial charge in [-0.2, -0.15) is 0 Å². The average Bonchev–Trinajstić information content (AvgIpc) is 3.06. The van der Waals surface area contributed by atoms with Crippen molar-refractivity contribution in [3.8, 4) is 11.5 Å². The summed E-state index contributed by atoms with van der Waals surface area (Å²) in [7, 11) is 0. The van der Waals surface area contributed by atoms with Gasteiger partial charge in [-0.25, -0.2) is 4.79 Å². The van der Waals surface area contributed by atoms with Gasteiger partial charge in [0.15, 0.2) is 4.67 Å². The molecular weight excluding hydrogens is 386 g/mol. The first-order chi connectivity index (χ1) is 12.2. The molecule has 2 heterocycles. The van der Waals surface area contributed by atoms with E-state index in [2.05, 4.69) is 20.9 Å². The van der Waals surface area contributed by atoms with Gasteiger partial charge in [0.25, 0.3) is 0 Å². The number of halogens is 1. The van der Waals surface area contributed by atoms with Crippen molar-refractivity contribution in [2.45, 2.75) is 6.61 Å². The van der Waals surface area contributed by atoms with Crippen molar-refractivity contribution in [2.75, 3.05) is 0 Å². The zero-order valence-corrected chi connectivity index (χ0v) is 14.7. The topological polar surface area (TPSA) is 61.6 Å².